The van der Waals surface area contributed by atoms with E-state index in [1.807, 2.05) is 0 Å². The van der Waals surface area contributed by atoms with Crippen LogP contribution >= 0.6 is 0 Å². The normalized spacial score (nSPS) is 13.1. The second-order valence-electron chi connectivity index (χ2n) is 5.41. The maximum Gasteiger partial charge on any atom is 0.341 e. The van der Waals surface area contributed by atoms with Crippen molar-refractivity contribution in [2.45, 2.75) is 37.0 Å². The number of carboxylic acid groups (broad SMARTS) is 1. The topological polar surface area (TPSA) is 127 Å². The van der Waals surface area contributed by atoms with Gasteiger partial charge in [0.1, 0.15) is 11.7 Å². The summed E-state index contributed by atoms with van der Waals surface area (Å²) in [4.78, 5) is 20.4. The van der Waals surface area contributed by atoms with Gasteiger partial charge < -0.3 is 10.4 Å². The Kier molecular flexibility index (Phi) is 6.18. The lowest BCUT2D eigenvalue weighted by Gasteiger charge is -2.18. The molecule has 0 bridgehead atoms. The smallest absolute Gasteiger partial charge is 0.341 e. The third-order valence-corrected chi connectivity index (χ3v) is 4.44. The van der Waals surface area contributed by atoms with Crippen molar-refractivity contribution in [1.29, 1.82) is 0 Å². The van der Waals surface area contributed by atoms with Crippen LogP contribution in [0.4, 0.5) is 20.2 Å². The van der Waals surface area contributed by atoms with Crippen molar-refractivity contribution in [3.05, 3.63) is 28.3 Å². The molecule has 24 heavy (non-hydrogen) atoms. The number of nitrogens with zero attached hydrogens (tertiary/aromatic N) is 1. The molecule has 0 aromatic heterocycles. The molecule has 2 N–H and O–H groups in total. The van der Waals surface area contributed by atoms with Crippen LogP contribution in [0.15, 0.2) is 23.1 Å². The molecule has 0 fully saturated rings. The predicted molar refractivity (Wildman–Crippen MR) is 80.8 cm³/mol. The molecule has 1 aromatic carbocycles. The number of alkyl halides is 2. The maximum absolute atomic E-state index is 12.5. The summed E-state index contributed by atoms with van der Waals surface area (Å²) in [5.41, 5.74) is -1.06. The van der Waals surface area contributed by atoms with Gasteiger partial charge >= 0.3 is 11.7 Å². The monoisotopic (exact) mass is 366 g/mol. The molecule has 1 aromatic rings. The van der Waals surface area contributed by atoms with Gasteiger partial charge in [-0.05, 0) is 24.5 Å². The number of nitrogens with one attached hydrogen (secondary N) is 1. The Balaban J connectivity index is 3.30. The van der Waals surface area contributed by atoms with E-state index in [1.165, 1.54) is 0 Å². The number of hydrogen-bond acceptors (Lipinski definition) is 6. The summed E-state index contributed by atoms with van der Waals surface area (Å²) in [6.45, 7) is 3.51. The zero-order chi connectivity index (χ0) is 18.7. The molecular formula is C13H16F2N2O6S. The van der Waals surface area contributed by atoms with Crippen LogP contribution in [0.1, 0.15) is 20.3 Å². The average molecular weight is 366 g/mol. The van der Waals surface area contributed by atoms with Crippen molar-refractivity contribution >= 4 is 27.2 Å². The number of carbonyl (C=O) groups is 1. The molecule has 0 spiro atoms. The second-order valence-corrected chi connectivity index (χ2v) is 7.32. The van der Waals surface area contributed by atoms with Gasteiger partial charge in [-0.25, -0.2) is 13.2 Å². The van der Waals surface area contributed by atoms with E-state index in [0.717, 1.165) is 12.1 Å². The first-order valence-electron chi connectivity index (χ1n) is 6.76. The third kappa shape index (κ3) is 4.60. The van der Waals surface area contributed by atoms with Crippen molar-refractivity contribution < 1.29 is 32.0 Å². The average Bonchev–Trinajstić information content (AvgIpc) is 2.45. The Bertz CT molecular complexity index is 736. The van der Waals surface area contributed by atoms with Gasteiger partial charge in [0, 0.05) is 6.07 Å². The van der Waals surface area contributed by atoms with E-state index < -0.39 is 43.1 Å². The molecule has 0 aliphatic heterocycles. The maximum atomic E-state index is 12.5. The summed E-state index contributed by atoms with van der Waals surface area (Å²) >= 11 is 0. The van der Waals surface area contributed by atoms with Crippen molar-refractivity contribution in [1.82, 2.24) is 0 Å². The number of carboxylic acids is 1. The van der Waals surface area contributed by atoms with Crippen LogP contribution in [0, 0.1) is 16.0 Å². The number of nitro benzene ring substituents is 1. The summed E-state index contributed by atoms with van der Waals surface area (Å²) in [5.74, 6) is -5.00. The van der Waals surface area contributed by atoms with Gasteiger partial charge in [0.25, 0.3) is 5.69 Å². The number of sulfone groups is 1. The second kappa shape index (κ2) is 7.51. The lowest BCUT2D eigenvalue weighted by Crippen LogP contribution is -2.31. The Morgan fingerprint density at radius 2 is 1.96 bits per heavy atom. The van der Waals surface area contributed by atoms with Gasteiger partial charge in [0.2, 0.25) is 9.84 Å². The number of benzene rings is 1. The lowest BCUT2D eigenvalue weighted by molar-refractivity contribution is -0.384. The van der Waals surface area contributed by atoms with Crippen molar-refractivity contribution in [2.75, 3.05) is 5.32 Å². The van der Waals surface area contributed by atoms with E-state index in [1.54, 1.807) is 13.8 Å². The first kappa shape index (κ1) is 19.7. The van der Waals surface area contributed by atoms with Gasteiger partial charge in [0.05, 0.1) is 9.82 Å². The number of anilines is 1. The molecule has 0 aliphatic carbocycles. The molecule has 134 valence electrons. The summed E-state index contributed by atoms with van der Waals surface area (Å²) in [6.07, 6.45) is 0.156. The van der Waals surface area contributed by atoms with Gasteiger partial charge in [-0.3, -0.25) is 10.1 Å². The highest BCUT2D eigenvalue weighted by atomic mass is 32.2. The van der Waals surface area contributed by atoms with Crippen LogP contribution < -0.4 is 5.32 Å². The molecule has 1 unspecified atom stereocenters. The first-order chi connectivity index (χ1) is 11.0. The van der Waals surface area contributed by atoms with E-state index in [0.29, 0.717) is 6.07 Å². The van der Waals surface area contributed by atoms with E-state index >= 15 is 0 Å². The number of rotatable bonds is 8. The fourth-order valence-electron chi connectivity index (χ4n) is 1.95. The minimum Gasteiger partial charge on any atom is -0.480 e. The lowest BCUT2D eigenvalue weighted by atomic mass is 10.0. The first-order valence-corrected chi connectivity index (χ1v) is 8.31. The molecule has 1 atom stereocenters. The molecule has 0 aliphatic rings. The van der Waals surface area contributed by atoms with E-state index in [9.17, 15) is 32.1 Å². The van der Waals surface area contributed by atoms with Gasteiger partial charge in [0.15, 0.2) is 0 Å². The SMILES string of the molecule is CC(C)CC(Nc1ccc(S(=O)(=O)C(F)F)cc1[N+](=O)[O-])C(=O)O. The molecule has 8 nitrogen and oxygen atoms in total. The van der Waals surface area contributed by atoms with Crippen LogP contribution in [0.2, 0.25) is 0 Å². The highest BCUT2D eigenvalue weighted by Crippen LogP contribution is 2.30. The molecule has 0 saturated heterocycles. The Labute approximate surface area is 136 Å². The Morgan fingerprint density at radius 3 is 2.38 bits per heavy atom. The van der Waals surface area contributed by atoms with Crippen LogP contribution in [-0.2, 0) is 14.6 Å². The largest absolute Gasteiger partial charge is 0.480 e. The van der Waals surface area contributed by atoms with E-state index in [4.69, 9.17) is 5.11 Å². The van der Waals surface area contributed by atoms with Gasteiger partial charge in [-0.15, -0.1) is 0 Å². The molecule has 11 heteroatoms. The highest BCUT2D eigenvalue weighted by molar-refractivity contribution is 7.91. The number of nitro groups is 1. The van der Waals surface area contributed by atoms with E-state index in [2.05, 4.69) is 5.32 Å². The van der Waals surface area contributed by atoms with Crippen LogP contribution in [0.3, 0.4) is 0 Å². The van der Waals surface area contributed by atoms with Crippen LogP contribution in [0.25, 0.3) is 0 Å². The fourth-order valence-corrected chi connectivity index (χ4v) is 2.68. The van der Waals surface area contributed by atoms with Crippen molar-refractivity contribution in [3.8, 4) is 0 Å². The zero-order valence-electron chi connectivity index (χ0n) is 12.8. The summed E-state index contributed by atoms with van der Waals surface area (Å²) in [7, 11) is -5.00. The predicted octanol–water partition coefficient (Wildman–Crippen LogP) is 2.50. The summed E-state index contributed by atoms with van der Waals surface area (Å²) < 4.78 is 47.9. The quantitative estimate of drug-likeness (QED) is 0.534. The molecule has 1 rings (SSSR count). The zero-order valence-corrected chi connectivity index (χ0v) is 13.6. The summed E-state index contributed by atoms with van der Waals surface area (Å²) in [5, 5.41) is 22.7. The molecule has 0 heterocycles. The van der Waals surface area contributed by atoms with Crippen molar-refractivity contribution in [3.63, 3.8) is 0 Å². The molecule has 0 saturated carbocycles. The molecule has 0 amide bonds. The fraction of sp³-hybridized carbons (Fsp3) is 0.462. The number of aliphatic carboxylic acids is 1. The van der Waals surface area contributed by atoms with Crippen LogP contribution in [-0.4, -0.2) is 36.2 Å². The molecule has 0 radical (unpaired) electrons. The minimum absolute atomic E-state index is 0.0314. The minimum atomic E-state index is -5.00. The highest BCUT2D eigenvalue weighted by Gasteiger charge is 2.30. The van der Waals surface area contributed by atoms with Gasteiger partial charge in [-0.1, -0.05) is 13.8 Å². The molecular weight excluding hydrogens is 350 g/mol. The summed E-state index contributed by atoms with van der Waals surface area (Å²) in [6, 6.07) is 1.01. The van der Waals surface area contributed by atoms with E-state index in [-0.39, 0.29) is 18.0 Å². The van der Waals surface area contributed by atoms with Gasteiger partial charge in [-0.2, -0.15) is 8.78 Å². The third-order valence-electron chi connectivity index (χ3n) is 3.06. The number of halogens is 2. The van der Waals surface area contributed by atoms with Crippen molar-refractivity contribution in [2.24, 2.45) is 5.92 Å². The number of hydrogen-bond donors (Lipinski definition) is 2. The Hall–Kier alpha value is -2.30. The Morgan fingerprint density at radius 1 is 1.38 bits per heavy atom. The standard InChI is InChI=1S/C13H16F2N2O6S/c1-7(2)5-10(12(18)19)16-9-4-3-8(6-11(9)17(20)21)24(22,23)13(14)15/h3-4,6-7,10,13,16H,5H2,1-2H3,(H,18,19). The van der Waals surface area contributed by atoms with Crippen LogP contribution in [0.5, 0.6) is 0 Å².